The van der Waals surface area contributed by atoms with E-state index in [-0.39, 0.29) is 23.4 Å². The first kappa shape index (κ1) is 30.2. The van der Waals surface area contributed by atoms with E-state index in [1.54, 1.807) is 38.1 Å². The minimum Gasteiger partial charge on any atom is -0.352 e. The van der Waals surface area contributed by atoms with E-state index in [1.807, 2.05) is 51.1 Å². The molecule has 0 unspecified atom stereocenters. The highest BCUT2D eigenvalue weighted by Crippen LogP contribution is 2.30. The molecule has 0 aliphatic rings. The largest absolute Gasteiger partial charge is 0.352 e. The van der Waals surface area contributed by atoms with Gasteiger partial charge in [-0.05, 0) is 69.5 Å². The highest BCUT2D eigenvalue weighted by molar-refractivity contribution is 7.92. The molecule has 0 aromatic heterocycles. The molecule has 2 amide bonds. The van der Waals surface area contributed by atoms with E-state index in [9.17, 15) is 18.0 Å². The highest BCUT2D eigenvalue weighted by Gasteiger charge is 2.33. The molecule has 9 heteroatoms. The van der Waals surface area contributed by atoms with Crippen LogP contribution < -0.4 is 9.62 Å². The van der Waals surface area contributed by atoms with Gasteiger partial charge < -0.3 is 10.2 Å². The van der Waals surface area contributed by atoms with Gasteiger partial charge in [0.05, 0.1) is 10.6 Å². The zero-order chi connectivity index (χ0) is 28.7. The normalized spacial score (nSPS) is 12.9. The summed E-state index contributed by atoms with van der Waals surface area (Å²) in [5, 5.41) is 3.27. The molecule has 0 aliphatic heterocycles. The molecule has 0 fully saturated rings. The lowest BCUT2D eigenvalue weighted by Crippen LogP contribution is -2.52. The molecule has 39 heavy (non-hydrogen) atoms. The molecule has 3 aromatic carbocycles. The van der Waals surface area contributed by atoms with Crippen LogP contribution in [0.15, 0.2) is 77.7 Å². The molecular weight excluding hydrogens is 534 g/mol. The molecule has 0 spiro atoms. The van der Waals surface area contributed by atoms with E-state index in [4.69, 9.17) is 11.6 Å². The number of benzene rings is 3. The van der Waals surface area contributed by atoms with Crippen LogP contribution in [-0.4, -0.2) is 43.8 Å². The number of sulfonamides is 1. The van der Waals surface area contributed by atoms with Crippen molar-refractivity contribution in [1.82, 2.24) is 10.2 Å². The first-order valence-corrected chi connectivity index (χ1v) is 14.7. The summed E-state index contributed by atoms with van der Waals surface area (Å²) in [4.78, 5) is 28.5. The van der Waals surface area contributed by atoms with E-state index < -0.39 is 28.5 Å². The van der Waals surface area contributed by atoms with E-state index in [2.05, 4.69) is 5.32 Å². The van der Waals surface area contributed by atoms with Crippen molar-refractivity contribution < 1.29 is 18.0 Å². The third kappa shape index (κ3) is 7.61. The third-order valence-corrected chi connectivity index (χ3v) is 8.70. The second-order valence-corrected chi connectivity index (χ2v) is 12.1. The van der Waals surface area contributed by atoms with Crippen molar-refractivity contribution in [2.45, 2.75) is 64.6 Å². The second kappa shape index (κ2) is 13.1. The predicted molar refractivity (Wildman–Crippen MR) is 156 cm³/mol. The molecule has 0 heterocycles. The number of aryl methyl sites for hydroxylation is 2. The fraction of sp³-hybridized carbons (Fsp3) is 0.333. The molecule has 1 N–H and O–H groups in total. The maximum Gasteiger partial charge on any atom is 0.264 e. The van der Waals surface area contributed by atoms with Crippen LogP contribution in [0, 0.1) is 13.8 Å². The lowest BCUT2D eigenvalue weighted by atomic mass is 10.1. The Labute approximate surface area is 236 Å². The van der Waals surface area contributed by atoms with Crippen LogP contribution >= 0.6 is 11.6 Å². The average molecular weight is 570 g/mol. The number of carbonyl (C=O) groups is 2. The lowest BCUT2D eigenvalue weighted by molar-refractivity contribution is -0.139. The zero-order valence-corrected chi connectivity index (χ0v) is 24.6. The number of amides is 2. The number of rotatable bonds is 11. The molecule has 2 atom stereocenters. The van der Waals surface area contributed by atoms with E-state index in [1.165, 1.54) is 23.1 Å². The van der Waals surface area contributed by atoms with Gasteiger partial charge in [-0.25, -0.2) is 8.42 Å². The van der Waals surface area contributed by atoms with E-state index >= 15 is 0 Å². The van der Waals surface area contributed by atoms with Gasteiger partial charge in [0, 0.05) is 17.6 Å². The standard InChI is InChI=1S/C30H36ClN3O4S/c1-6-23(4)32-30(36)24(5)33(19-25-10-8-7-9-11-25)29(35)20-34(28-18-26(31)15-14-22(28)3)39(37,38)27-16-12-21(2)13-17-27/h7-18,23-24H,6,19-20H2,1-5H3,(H,32,36)/t23-,24+/m1/s1. The number of anilines is 1. The average Bonchev–Trinajstić information content (AvgIpc) is 2.91. The molecule has 0 radical (unpaired) electrons. The summed E-state index contributed by atoms with van der Waals surface area (Å²) in [6.45, 7) is 8.77. The van der Waals surface area contributed by atoms with Gasteiger partial charge in [-0.3, -0.25) is 13.9 Å². The lowest BCUT2D eigenvalue weighted by Gasteiger charge is -2.33. The SMILES string of the molecule is CC[C@@H](C)NC(=O)[C@H](C)N(Cc1ccccc1)C(=O)CN(c1cc(Cl)ccc1C)S(=O)(=O)c1ccc(C)cc1. The van der Waals surface area contributed by atoms with E-state index in [0.29, 0.717) is 16.3 Å². The number of hydrogen-bond acceptors (Lipinski definition) is 4. The minimum atomic E-state index is -4.15. The second-order valence-electron chi connectivity index (χ2n) is 9.76. The van der Waals surface area contributed by atoms with Crippen LogP contribution in [0.5, 0.6) is 0 Å². The predicted octanol–water partition coefficient (Wildman–Crippen LogP) is 5.48. The van der Waals surface area contributed by atoms with E-state index in [0.717, 1.165) is 21.9 Å². The smallest absolute Gasteiger partial charge is 0.264 e. The first-order chi connectivity index (χ1) is 18.4. The number of nitrogens with one attached hydrogen (secondary N) is 1. The van der Waals surface area contributed by atoms with Crippen molar-refractivity contribution >= 4 is 39.1 Å². The van der Waals surface area contributed by atoms with Crippen LogP contribution in [0.1, 0.15) is 43.9 Å². The molecule has 0 saturated heterocycles. The van der Waals surface area contributed by atoms with Crippen LogP contribution in [0.3, 0.4) is 0 Å². The summed E-state index contributed by atoms with van der Waals surface area (Å²) in [5.41, 5.74) is 2.67. The Morgan fingerprint density at radius 3 is 2.21 bits per heavy atom. The molecule has 3 rings (SSSR count). The van der Waals surface area contributed by atoms with Gasteiger partial charge in [0.15, 0.2) is 0 Å². The molecule has 0 saturated carbocycles. The topological polar surface area (TPSA) is 86.8 Å². The summed E-state index contributed by atoms with van der Waals surface area (Å²) in [7, 11) is -4.15. The summed E-state index contributed by atoms with van der Waals surface area (Å²) in [6, 6.07) is 19.8. The number of nitrogens with zero attached hydrogens (tertiary/aromatic N) is 2. The van der Waals surface area contributed by atoms with Gasteiger partial charge in [-0.15, -0.1) is 0 Å². The Balaban J connectivity index is 2.05. The Hall–Kier alpha value is -3.36. The van der Waals surface area contributed by atoms with Crippen molar-refractivity contribution in [3.63, 3.8) is 0 Å². The Morgan fingerprint density at radius 1 is 0.949 bits per heavy atom. The van der Waals surface area contributed by atoms with Gasteiger partial charge in [0.25, 0.3) is 10.0 Å². The maximum absolute atomic E-state index is 14.0. The fourth-order valence-electron chi connectivity index (χ4n) is 4.03. The summed E-state index contributed by atoms with van der Waals surface area (Å²) < 4.78 is 29.0. The quantitative estimate of drug-likeness (QED) is 0.331. The van der Waals surface area contributed by atoms with Crippen LogP contribution in [0.4, 0.5) is 5.69 Å². The molecule has 208 valence electrons. The molecule has 0 aliphatic carbocycles. The van der Waals surface area contributed by atoms with Crippen molar-refractivity contribution in [3.05, 3.63) is 94.5 Å². The number of hydrogen-bond donors (Lipinski definition) is 1. The van der Waals surface area contributed by atoms with Crippen molar-refractivity contribution in [2.75, 3.05) is 10.8 Å². The minimum absolute atomic E-state index is 0.0532. The number of carbonyl (C=O) groups excluding carboxylic acids is 2. The highest BCUT2D eigenvalue weighted by atomic mass is 35.5. The number of halogens is 1. The van der Waals surface area contributed by atoms with Crippen LogP contribution in [-0.2, 0) is 26.2 Å². The van der Waals surface area contributed by atoms with Crippen molar-refractivity contribution in [3.8, 4) is 0 Å². The van der Waals surface area contributed by atoms with Crippen molar-refractivity contribution in [1.29, 1.82) is 0 Å². The van der Waals surface area contributed by atoms with Gasteiger partial charge in [-0.1, -0.05) is 72.6 Å². The molecule has 0 bridgehead atoms. The molecule has 3 aromatic rings. The van der Waals surface area contributed by atoms with Crippen LogP contribution in [0.2, 0.25) is 5.02 Å². The molecule has 7 nitrogen and oxygen atoms in total. The van der Waals surface area contributed by atoms with Crippen LogP contribution in [0.25, 0.3) is 0 Å². The first-order valence-electron chi connectivity index (χ1n) is 12.9. The van der Waals surface area contributed by atoms with Crippen molar-refractivity contribution in [2.24, 2.45) is 0 Å². The summed E-state index contributed by atoms with van der Waals surface area (Å²) in [5.74, 6) is -0.818. The Morgan fingerprint density at radius 2 is 1.59 bits per heavy atom. The zero-order valence-electron chi connectivity index (χ0n) is 23.0. The Bertz CT molecular complexity index is 1400. The molecular formula is C30H36ClN3O4S. The monoisotopic (exact) mass is 569 g/mol. The van der Waals surface area contributed by atoms with Gasteiger partial charge in [0.2, 0.25) is 11.8 Å². The summed E-state index contributed by atoms with van der Waals surface area (Å²) in [6.07, 6.45) is 0.738. The Kier molecular flexibility index (Phi) is 10.2. The fourth-order valence-corrected chi connectivity index (χ4v) is 5.67. The summed E-state index contributed by atoms with van der Waals surface area (Å²) >= 11 is 6.27. The van der Waals surface area contributed by atoms with Gasteiger partial charge >= 0.3 is 0 Å². The third-order valence-electron chi connectivity index (χ3n) is 6.69. The van der Waals surface area contributed by atoms with Gasteiger partial charge in [0.1, 0.15) is 12.6 Å². The maximum atomic E-state index is 14.0. The van der Waals surface area contributed by atoms with Gasteiger partial charge in [-0.2, -0.15) is 0 Å².